The van der Waals surface area contributed by atoms with Crippen LogP contribution in [0.1, 0.15) is 284 Å². The molecule has 1 rings (SSSR count). The maximum atomic E-state index is 12.9. The van der Waals surface area contributed by atoms with Crippen molar-refractivity contribution >= 4 is 22.1 Å². The van der Waals surface area contributed by atoms with Gasteiger partial charge >= 0.3 is 11.9 Å². The molecule has 1 fully saturated rings. The van der Waals surface area contributed by atoms with Gasteiger partial charge in [-0.05, 0) is 38.5 Å². The van der Waals surface area contributed by atoms with Gasteiger partial charge in [0.05, 0.1) is 6.61 Å². The standard InChI is InChI=1S/C57H108O12S/c1-3-5-7-9-11-13-15-17-19-21-23-24-25-26-28-29-31-33-35-37-39-41-43-45-52(58)66-47-50(48-67-57-56(62)55(61)54(60)51(69-57)49-70(63,64)65)68-53(59)46-44-42-40-38-36-34-32-30-27-22-20-18-16-14-12-10-8-6-4-2/h18,20,50-51,54-57,60-62H,3-17,19,21-49H2,1-2H3,(H,63,64,65)/b20-18+/t50-,51-,54-,55?,56?,57+/m1/s1. The van der Waals surface area contributed by atoms with Crippen molar-refractivity contribution in [1.29, 1.82) is 0 Å². The summed E-state index contributed by atoms with van der Waals surface area (Å²) < 4.78 is 54.4. The Kier molecular flexibility index (Phi) is 44.7. The van der Waals surface area contributed by atoms with Gasteiger partial charge in [-0.25, -0.2) is 0 Å². The van der Waals surface area contributed by atoms with Gasteiger partial charge in [-0.1, -0.05) is 244 Å². The van der Waals surface area contributed by atoms with Gasteiger partial charge in [0.1, 0.15) is 36.8 Å². The number of ether oxygens (including phenoxy) is 4. The van der Waals surface area contributed by atoms with E-state index >= 15 is 0 Å². The third kappa shape index (κ3) is 40.8. The zero-order chi connectivity index (χ0) is 51.2. The minimum absolute atomic E-state index is 0.167. The third-order valence-electron chi connectivity index (χ3n) is 13.8. The molecule has 1 saturated heterocycles. The Labute approximate surface area is 428 Å². The number of rotatable bonds is 51. The Hall–Kier alpha value is -1.61. The Morgan fingerprint density at radius 3 is 1.19 bits per heavy atom. The van der Waals surface area contributed by atoms with Crippen molar-refractivity contribution in [2.45, 2.75) is 320 Å². The van der Waals surface area contributed by atoms with E-state index in [0.29, 0.717) is 12.8 Å². The van der Waals surface area contributed by atoms with Gasteiger partial charge in [-0.2, -0.15) is 8.42 Å². The number of aliphatic hydroxyl groups excluding tert-OH is 3. The van der Waals surface area contributed by atoms with Crippen LogP contribution in [0.4, 0.5) is 0 Å². The van der Waals surface area contributed by atoms with Crippen LogP contribution in [0.5, 0.6) is 0 Å². The van der Waals surface area contributed by atoms with Crippen LogP contribution in [0.2, 0.25) is 0 Å². The fourth-order valence-corrected chi connectivity index (χ4v) is 10.0. The highest BCUT2D eigenvalue weighted by Crippen LogP contribution is 2.24. The summed E-state index contributed by atoms with van der Waals surface area (Å²) in [5.41, 5.74) is 0. The van der Waals surface area contributed by atoms with E-state index in [0.717, 1.165) is 38.5 Å². The molecule has 6 atom stereocenters. The quantitative estimate of drug-likeness (QED) is 0.0196. The SMILES string of the molecule is CCCCCCCC/C=C/CCCCCCCCCCCC(=O)O[C@H](COC(=O)CCCCCCCCCCCCCCCCCCCCCCCCC)CO[C@H]1O[C@H](CS(=O)(=O)O)[C@@H](O)C(O)C1O. The van der Waals surface area contributed by atoms with E-state index < -0.39 is 71.2 Å². The summed E-state index contributed by atoms with van der Waals surface area (Å²) in [6.07, 6.45) is 45.4. The summed E-state index contributed by atoms with van der Waals surface area (Å²) >= 11 is 0. The van der Waals surface area contributed by atoms with E-state index in [4.69, 9.17) is 18.9 Å². The smallest absolute Gasteiger partial charge is 0.306 e. The maximum Gasteiger partial charge on any atom is 0.306 e. The number of hydrogen-bond donors (Lipinski definition) is 4. The third-order valence-corrected chi connectivity index (χ3v) is 14.6. The summed E-state index contributed by atoms with van der Waals surface area (Å²) in [7, 11) is -4.60. The zero-order valence-electron chi connectivity index (χ0n) is 44.9. The van der Waals surface area contributed by atoms with Crippen LogP contribution in [-0.2, 0) is 38.7 Å². The van der Waals surface area contributed by atoms with E-state index in [9.17, 15) is 37.9 Å². The molecule has 70 heavy (non-hydrogen) atoms. The number of unbranched alkanes of at least 4 members (excludes halogenated alkanes) is 37. The number of hydrogen-bond acceptors (Lipinski definition) is 11. The number of carbonyl (C=O) groups is 2. The molecule has 2 unspecified atom stereocenters. The second-order valence-corrected chi connectivity index (χ2v) is 22.2. The highest BCUT2D eigenvalue weighted by atomic mass is 32.2. The Morgan fingerprint density at radius 1 is 0.471 bits per heavy atom. The second-order valence-electron chi connectivity index (χ2n) is 20.7. The second kappa shape index (κ2) is 47.1. The molecule has 0 aliphatic carbocycles. The maximum absolute atomic E-state index is 12.9. The molecule has 1 aliphatic rings. The molecule has 4 N–H and O–H groups in total. The summed E-state index contributed by atoms with van der Waals surface area (Å²) in [6.45, 7) is 3.82. The van der Waals surface area contributed by atoms with Crippen molar-refractivity contribution in [3.05, 3.63) is 12.2 Å². The lowest BCUT2D eigenvalue weighted by Crippen LogP contribution is -2.60. The van der Waals surface area contributed by atoms with Crippen LogP contribution < -0.4 is 0 Å². The fourth-order valence-electron chi connectivity index (χ4n) is 9.32. The van der Waals surface area contributed by atoms with Crippen molar-refractivity contribution in [2.75, 3.05) is 19.0 Å². The van der Waals surface area contributed by atoms with Gasteiger partial charge in [-0.15, -0.1) is 0 Å². The molecule has 0 amide bonds. The van der Waals surface area contributed by atoms with Crippen LogP contribution in [0.15, 0.2) is 12.2 Å². The highest BCUT2D eigenvalue weighted by Gasteiger charge is 2.46. The van der Waals surface area contributed by atoms with E-state index in [1.807, 2.05) is 0 Å². The van der Waals surface area contributed by atoms with E-state index in [1.165, 1.54) is 205 Å². The minimum atomic E-state index is -4.60. The monoisotopic (exact) mass is 1020 g/mol. The zero-order valence-corrected chi connectivity index (χ0v) is 45.7. The molecule has 0 aromatic rings. The van der Waals surface area contributed by atoms with Gasteiger partial charge in [-0.3, -0.25) is 14.1 Å². The average Bonchev–Trinajstić information content (AvgIpc) is 3.33. The van der Waals surface area contributed by atoms with E-state index in [-0.39, 0.29) is 19.4 Å². The number of allylic oxidation sites excluding steroid dienone is 2. The minimum Gasteiger partial charge on any atom is -0.462 e. The molecule has 0 radical (unpaired) electrons. The lowest BCUT2D eigenvalue weighted by Gasteiger charge is -2.40. The van der Waals surface area contributed by atoms with Crippen molar-refractivity contribution in [3.63, 3.8) is 0 Å². The normalized spacial score (nSPS) is 19.0. The first-order chi connectivity index (χ1) is 34.0. The molecule has 1 aliphatic heterocycles. The van der Waals surface area contributed by atoms with Gasteiger partial charge in [0.15, 0.2) is 12.4 Å². The lowest BCUT2D eigenvalue weighted by molar-refractivity contribution is -0.297. The largest absolute Gasteiger partial charge is 0.462 e. The molecule has 0 saturated carbocycles. The highest BCUT2D eigenvalue weighted by molar-refractivity contribution is 7.85. The van der Waals surface area contributed by atoms with Gasteiger partial charge in [0.25, 0.3) is 10.1 Å². The molecular formula is C57H108O12S. The van der Waals surface area contributed by atoms with Gasteiger partial charge < -0.3 is 34.3 Å². The molecule has 0 spiro atoms. The molecule has 0 bridgehead atoms. The Balaban J connectivity index is 2.28. The predicted octanol–water partition coefficient (Wildman–Crippen LogP) is 14.1. The van der Waals surface area contributed by atoms with Crippen LogP contribution >= 0.6 is 0 Å². The van der Waals surface area contributed by atoms with Crippen LogP contribution in [0.3, 0.4) is 0 Å². The van der Waals surface area contributed by atoms with Crippen LogP contribution in [0.25, 0.3) is 0 Å². The summed E-state index contributed by atoms with van der Waals surface area (Å²) in [5, 5.41) is 31.1. The van der Waals surface area contributed by atoms with E-state index in [2.05, 4.69) is 26.0 Å². The number of carbonyl (C=O) groups excluding carboxylic acids is 2. The molecule has 13 heteroatoms. The molecule has 1 heterocycles. The van der Waals surface area contributed by atoms with Crippen LogP contribution in [-0.4, -0.2) is 96.0 Å². The van der Waals surface area contributed by atoms with Crippen molar-refractivity contribution in [1.82, 2.24) is 0 Å². The molecular weight excluding hydrogens is 909 g/mol. The Morgan fingerprint density at radius 2 is 0.814 bits per heavy atom. The predicted molar refractivity (Wildman–Crippen MR) is 284 cm³/mol. The summed E-state index contributed by atoms with van der Waals surface area (Å²) in [5.74, 6) is -1.96. The first-order valence-corrected chi connectivity index (χ1v) is 30.9. The lowest BCUT2D eigenvalue weighted by atomic mass is 10.00. The van der Waals surface area contributed by atoms with Crippen LogP contribution in [0, 0.1) is 0 Å². The summed E-state index contributed by atoms with van der Waals surface area (Å²) in [6, 6.07) is 0. The van der Waals surface area contributed by atoms with Gasteiger partial charge in [0.2, 0.25) is 0 Å². The molecule has 414 valence electrons. The van der Waals surface area contributed by atoms with Crippen molar-refractivity contribution < 1.29 is 56.8 Å². The first kappa shape index (κ1) is 66.4. The van der Waals surface area contributed by atoms with Gasteiger partial charge in [0, 0.05) is 12.8 Å². The summed E-state index contributed by atoms with van der Waals surface area (Å²) in [4.78, 5) is 25.6. The number of aliphatic hydroxyl groups is 3. The fraction of sp³-hybridized carbons (Fsp3) is 0.930. The topological polar surface area (TPSA) is 186 Å². The molecule has 0 aromatic carbocycles. The molecule has 0 aromatic heterocycles. The van der Waals surface area contributed by atoms with E-state index in [1.54, 1.807) is 0 Å². The molecule has 12 nitrogen and oxygen atoms in total. The van der Waals surface area contributed by atoms with Crippen molar-refractivity contribution in [3.8, 4) is 0 Å². The number of esters is 2. The average molecular weight is 1020 g/mol. The first-order valence-electron chi connectivity index (χ1n) is 29.2. The Bertz CT molecular complexity index is 1330. The van der Waals surface area contributed by atoms with Crippen molar-refractivity contribution in [2.24, 2.45) is 0 Å².